The minimum atomic E-state index is 0.440. The molecule has 0 heterocycles. The topological polar surface area (TPSA) is 12.0 Å². The van der Waals surface area contributed by atoms with Crippen molar-refractivity contribution in [2.24, 2.45) is 0 Å². The van der Waals surface area contributed by atoms with Gasteiger partial charge in [0.25, 0.3) is 0 Å². The summed E-state index contributed by atoms with van der Waals surface area (Å²) in [5, 5.41) is 7.19. The summed E-state index contributed by atoms with van der Waals surface area (Å²) in [4.78, 5) is 0. The number of hydrogen-bond donors (Lipinski definition) is 1. The predicted molar refractivity (Wildman–Crippen MR) is 97.2 cm³/mol. The second-order valence-corrected chi connectivity index (χ2v) is 7.10. The molecule has 0 bridgehead atoms. The van der Waals surface area contributed by atoms with Crippen LogP contribution in [-0.4, -0.2) is 17.5 Å². The molecule has 2 atom stereocenters. The maximum absolute atomic E-state index is 3.74. The van der Waals surface area contributed by atoms with E-state index in [0.717, 1.165) is 17.5 Å². The van der Waals surface area contributed by atoms with Crippen LogP contribution in [0, 0.1) is 0 Å². The predicted octanol–water partition coefficient (Wildman–Crippen LogP) is 5.41. The van der Waals surface area contributed by atoms with Crippen molar-refractivity contribution < 1.29 is 0 Å². The van der Waals surface area contributed by atoms with E-state index in [9.17, 15) is 0 Å². The van der Waals surface area contributed by atoms with Crippen molar-refractivity contribution in [3.8, 4) is 0 Å². The Morgan fingerprint density at radius 1 is 1.05 bits per heavy atom. The molecule has 2 heteroatoms. The number of nitrogens with one attached hydrogen (secondary N) is 1. The van der Waals surface area contributed by atoms with Crippen molar-refractivity contribution in [3.05, 3.63) is 48.0 Å². The minimum absolute atomic E-state index is 0.440. The van der Waals surface area contributed by atoms with Crippen molar-refractivity contribution in [1.82, 2.24) is 5.32 Å². The van der Waals surface area contributed by atoms with Crippen molar-refractivity contribution in [2.75, 3.05) is 12.3 Å². The summed E-state index contributed by atoms with van der Waals surface area (Å²) in [6.45, 7) is 7.90. The van der Waals surface area contributed by atoms with Gasteiger partial charge in [0.2, 0.25) is 0 Å². The van der Waals surface area contributed by atoms with Crippen LogP contribution in [0.2, 0.25) is 0 Å². The zero-order valence-corrected chi connectivity index (χ0v) is 14.2. The smallest absolute Gasteiger partial charge is 0.0418 e. The first-order valence-corrected chi connectivity index (χ1v) is 9.13. The lowest BCUT2D eigenvalue weighted by molar-refractivity contribution is 0.580. The maximum atomic E-state index is 3.74. The quantitative estimate of drug-likeness (QED) is 0.699. The second kappa shape index (κ2) is 8.45. The van der Waals surface area contributed by atoms with Crippen LogP contribution < -0.4 is 5.32 Å². The Bertz CT molecular complexity index is 547. The molecule has 0 aliphatic rings. The highest BCUT2D eigenvalue weighted by atomic mass is 32.2. The SMILES string of the molecule is CCCNC(CSC(C)CC)c1cccc2ccccc12. The Morgan fingerprint density at radius 2 is 1.81 bits per heavy atom. The highest BCUT2D eigenvalue weighted by Crippen LogP contribution is 2.28. The molecule has 2 rings (SSSR count). The summed E-state index contributed by atoms with van der Waals surface area (Å²) in [6, 6.07) is 15.8. The van der Waals surface area contributed by atoms with Gasteiger partial charge in [-0.3, -0.25) is 0 Å². The lowest BCUT2D eigenvalue weighted by atomic mass is 9.99. The largest absolute Gasteiger partial charge is 0.309 e. The highest BCUT2D eigenvalue weighted by Gasteiger charge is 2.14. The van der Waals surface area contributed by atoms with Crippen LogP contribution in [0.3, 0.4) is 0 Å². The fourth-order valence-corrected chi connectivity index (χ4v) is 3.56. The molecule has 0 aliphatic carbocycles. The number of hydrogen-bond acceptors (Lipinski definition) is 2. The van der Waals surface area contributed by atoms with E-state index in [1.54, 1.807) is 0 Å². The van der Waals surface area contributed by atoms with Gasteiger partial charge < -0.3 is 5.32 Å². The maximum Gasteiger partial charge on any atom is 0.0418 e. The van der Waals surface area contributed by atoms with Gasteiger partial charge in [-0.2, -0.15) is 11.8 Å². The normalized spacial score (nSPS) is 14.2. The number of fused-ring (bicyclic) bond motifs is 1. The molecule has 2 unspecified atom stereocenters. The molecule has 0 saturated carbocycles. The van der Waals surface area contributed by atoms with Crippen LogP contribution in [0.4, 0.5) is 0 Å². The number of thioether (sulfide) groups is 1. The second-order valence-electron chi connectivity index (χ2n) is 5.63. The van der Waals surface area contributed by atoms with Gasteiger partial charge in [-0.05, 0) is 35.7 Å². The lowest BCUT2D eigenvalue weighted by Crippen LogP contribution is -2.25. The van der Waals surface area contributed by atoms with Gasteiger partial charge in [-0.25, -0.2) is 0 Å². The number of rotatable bonds is 8. The highest BCUT2D eigenvalue weighted by molar-refractivity contribution is 7.99. The van der Waals surface area contributed by atoms with E-state index in [1.807, 2.05) is 0 Å². The van der Waals surface area contributed by atoms with E-state index >= 15 is 0 Å². The Kier molecular flexibility index (Phi) is 6.59. The van der Waals surface area contributed by atoms with Crippen molar-refractivity contribution in [1.29, 1.82) is 0 Å². The van der Waals surface area contributed by atoms with Crippen LogP contribution >= 0.6 is 11.8 Å². The number of benzene rings is 2. The van der Waals surface area contributed by atoms with E-state index in [4.69, 9.17) is 0 Å². The standard InChI is InChI=1S/C19H27NS/c1-4-13-20-19(14-21-15(3)5-2)18-12-8-10-16-9-6-7-11-17(16)18/h6-12,15,19-20H,4-5,13-14H2,1-3H3. The van der Waals surface area contributed by atoms with Crippen molar-refractivity contribution in [2.45, 2.75) is 44.9 Å². The van der Waals surface area contributed by atoms with E-state index < -0.39 is 0 Å². The molecule has 0 fully saturated rings. The molecule has 0 aliphatic heterocycles. The molecule has 21 heavy (non-hydrogen) atoms. The Labute approximate surface area is 133 Å². The average molecular weight is 301 g/mol. The first kappa shape index (κ1) is 16.4. The molecule has 0 amide bonds. The Balaban J connectivity index is 2.25. The molecule has 1 nitrogen and oxygen atoms in total. The first-order valence-electron chi connectivity index (χ1n) is 8.08. The third-order valence-corrected chi connectivity index (χ3v) is 5.39. The van der Waals surface area contributed by atoms with Gasteiger partial charge in [-0.1, -0.05) is 63.2 Å². The first-order chi connectivity index (χ1) is 10.3. The molecular weight excluding hydrogens is 274 g/mol. The molecule has 114 valence electrons. The van der Waals surface area contributed by atoms with E-state index in [-0.39, 0.29) is 0 Å². The van der Waals surface area contributed by atoms with Crippen LogP contribution in [0.5, 0.6) is 0 Å². The van der Waals surface area contributed by atoms with Crippen molar-refractivity contribution in [3.63, 3.8) is 0 Å². The van der Waals surface area contributed by atoms with Crippen LogP contribution in [-0.2, 0) is 0 Å². The zero-order valence-electron chi connectivity index (χ0n) is 13.4. The molecular formula is C19H27NS. The van der Waals surface area contributed by atoms with Gasteiger partial charge in [0.05, 0.1) is 0 Å². The molecule has 2 aromatic carbocycles. The Hall–Kier alpha value is -0.990. The van der Waals surface area contributed by atoms with Gasteiger partial charge >= 0.3 is 0 Å². The van der Waals surface area contributed by atoms with Gasteiger partial charge in [0.1, 0.15) is 0 Å². The summed E-state index contributed by atoms with van der Waals surface area (Å²) >= 11 is 2.08. The third-order valence-electron chi connectivity index (χ3n) is 3.96. The summed E-state index contributed by atoms with van der Waals surface area (Å²) in [5.41, 5.74) is 1.44. The fourth-order valence-electron chi connectivity index (χ4n) is 2.51. The minimum Gasteiger partial charge on any atom is -0.309 e. The molecule has 0 aromatic heterocycles. The molecule has 0 spiro atoms. The van der Waals surface area contributed by atoms with Crippen LogP contribution in [0.15, 0.2) is 42.5 Å². The molecule has 0 radical (unpaired) electrons. The van der Waals surface area contributed by atoms with E-state index in [0.29, 0.717) is 6.04 Å². The summed E-state index contributed by atoms with van der Waals surface area (Å²) in [6.07, 6.45) is 2.41. The summed E-state index contributed by atoms with van der Waals surface area (Å²) in [5.74, 6) is 1.14. The van der Waals surface area contributed by atoms with Crippen molar-refractivity contribution >= 4 is 22.5 Å². The van der Waals surface area contributed by atoms with E-state index in [1.165, 1.54) is 29.2 Å². The molecule has 1 N–H and O–H groups in total. The van der Waals surface area contributed by atoms with Gasteiger partial charge in [-0.15, -0.1) is 0 Å². The summed E-state index contributed by atoms with van der Waals surface area (Å²) < 4.78 is 0. The lowest BCUT2D eigenvalue weighted by Gasteiger charge is -2.22. The van der Waals surface area contributed by atoms with Crippen LogP contribution in [0.1, 0.15) is 45.2 Å². The van der Waals surface area contributed by atoms with Gasteiger partial charge in [0.15, 0.2) is 0 Å². The third kappa shape index (κ3) is 4.49. The summed E-state index contributed by atoms with van der Waals surface area (Å²) in [7, 11) is 0. The monoisotopic (exact) mass is 301 g/mol. The fraction of sp³-hybridized carbons (Fsp3) is 0.474. The van der Waals surface area contributed by atoms with Gasteiger partial charge in [0, 0.05) is 17.0 Å². The average Bonchev–Trinajstić information content (AvgIpc) is 2.54. The zero-order chi connectivity index (χ0) is 15.1. The molecule has 2 aromatic rings. The van der Waals surface area contributed by atoms with Crippen LogP contribution in [0.25, 0.3) is 10.8 Å². The Morgan fingerprint density at radius 3 is 2.57 bits per heavy atom. The van der Waals surface area contributed by atoms with E-state index in [2.05, 4.69) is 80.3 Å². The molecule has 0 saturated heterocycles.